The van der Waals surface area contributed by atoms with E-state index in [-0.39, 0.29) is 42.9 Å². The summed E-state index contributed by atoms with van der Waals surface area (Å²) in [5, 5.41) is 25.9. The Morgan fingerprint density at radius 1 is 1.03 bits per heavy atom. The topological polar surface area (TPSA) is 189 Å². The number of nitro groups is 1. The Labute approximate surface area is 209 Å². The van der Waals surface area contributed by atoms with Gasteiger partial charge in [0.15, 0.2) is 5.96 Å². The summed E-state index contributed by atoms with van der Waals surface area (Å²) in [7, 11) is 0. The Balaban J connectivity index is 0.00000544. The van der Waals surface area contributed by atoms with Crippen LogP contribution < -0.4 is 27.4 Å². The number of nitro benzene ring substituents is 1. The van der Waals surface area contributed by atoms with E-state index in [2.05, 4.69) is 16.0 Å². The Morgan fingerprint density at radius 3 is 2.21 bits per heavy atom. The monoisotopic (exact) mass is 513 g/mol. The number of rotatable bonds is 11. The third-order valence-corrected chi connectivity index (χ3v) is 4.60. The van der Waals surface area contributed by atoms with Gasteiger partial charge in [-0.15, -0.1) is 24.8 Å². The minimum atomic E-state index is -0.895. The van der Waals surface area contributed by atoms with Crippen molar-refractivity contribution >= 4 is 54.0 Å². The minimum absolute atomic E-state index is 0. The van der Waals surface area contributed by atoms with Crippen LogP contribution in [-0.2, 0) is 16.0 Å². The highest BCUT2D eigenvalue weighted by Crippen LogP contribution is 2.16. The molecular weight excluding hydrogens is 485 g/mol. The fourth-order valence-electron chi connectivity index (χ4n) is 2.93. The Bertz CT molecular complexity index is 946. The zero-order chi connectivity index (χ0) is 23.5. The molecule has 2 amide bonds. The van der Waals surface area contributed by atoms with Gasteiger partial charge in [0.05, 0.1) is 11.0 Å². The molecule has 8 N–H and O–H groups in total. The molecule has 0 unspecified atom stereocenters. The average molecular weight is 514 g/mol. The summed E-state index contributed by atoms with van der Waals surface area (Å²) in [5.74, 6) is -1.15. The van der Waals surface area contributed by atoms with Crippen LogP contribution in [0.3, 0.4) is 0 Å². The van der Waals surface area contributed by atoms with Gasteiger partial charge in [-0.2, -0.15) is 0 Å². The molecule has 0 aromatic heterocycles. The summed E-state index contributed by atoms with van der Waals surface area (Å²) in [6.45, 7) is 0.350. The maximum absolute atomic E-state index is 12.8. The number of anilines is 1. The minimum Gasteiger partial charge on any atom is -0.370 e. The number of nitrogens with one attached hydrogen (secondary N) is 4. The van der Waals surface area contributed by atoms with Crippen molar-refractivity contribution < 1.29 is 14.5 Å². The second-order valence-electron chi connectivity index (χ2n) is 7.13. The highest BCUT2D eigenvalue weighted by molar-refractivity contribution is 5.97. The van der Waals surface area contributed by atoms with Crippen molar-refractivity contribution in [2.45, 2.75) is 31.3 Å². The average Bonchev–Trinajstić information content (AvgIpc) is 2.76. The number of hydrogen-bond acceptors (Lipinski definition) is 6. The molecule has 0 spiro atoms. The Hall–Kier alpha value is -3.41. The fourth-order valence-corrected chi connectivity index (χ4v) is 2.93. The lowest BCUT2D eigenvalue weighted by molar-refractivity contribution is -0.384. The number of amides is 2. The van der Waals surface area contributed by atoms with Crippen LogP contribution in [0.5, 0.6) is 0 Å². The summed E-state index contributed by atoms with van der Waals surface area (Å²) in [5.41, 5.74) is 12.4. The predicted octanol–water partition coefficient (Wildman–Crippen LogP) is 1.69. The van der Waals surface area contributed by atoms with Gasteiger partial charge < -0.3 is 27.4 Å². The lowest BCUT2D eigenvalue weighted by Crippen LogP contribution is -2.50. The number of nitrogens with two attached hydrogens (primary N) is 2. The Morgan fingerprint density at radius 2 is 1.65 bits per heavy atom. The number of carbonyl (C=O) groups is 2. The highest BCUT2D eigenvalue weighted by Gasteiger charge is 2.24. The van der Waals surface area contributed by atoms with Crippen LogP contribution in [0.1, 0.15) is 18.4 Å². The van der Waals surface area contributed by atoms with Crippen molar-refractivity contribution in [2.24, 2.45) is 11.5 Å². The standard InChI is InChI=1S/C21H27N7O4.2ClH/c22-17(13-14-5-2-1-3-6-14)19(29)27-18(7-4-12-25-21(23)24)20(30)26-15-8-10-16(11-9-15)28(31)32;;/h1-3,5-6,8-11,17-18H,4,7,12-13,22H2,(H,26,30)(H,27,29)(H4,23,24,25);2*1H/t17-,18+;;/m1../s1. The molecular formula is C21H29Cl2N7O4. The molecule has 0 bridgehead atoms. The van der Waals surface area contributed by atoms with Gasteiger partial charge in [-0.25, -0.2) is 0 Å². The largest absolute Gasteiger partial charge is 0.370 e. The molecule has 11 nitrogen and oxygen atoms in total. The third kappa shape index (κ3) is 10.5. The van der Waals surface area contributed by atoms with E-state index in [1.54, 1.807) is 0 Å². The second-order valence-corrected chi connectivity index (χ2v) is 7.13. The number of non-ortho nitro benzene ring substituents is 1. The quantitative estimate of drug-likeness (QED) is 0.0864. The lowest BCUT2D eigenvalue weighted by Gasteiger charge is -2.21. The first-order chi connectivity index (χ1) is 15.3. The number of halogens is 2. The molecule has 0 saturated heterocycles. The molecule has 0 heterocycles. The molecule has 34 heavy (non-hydrogen) atoms. The first-order valence-corrected chi connectivity index (χ1v) is 9.99. The van der Waals surface area contributed by atoms with Crippen molar-refractivity contribution in [1.82, 2.24) is 10.6 Å². The van der Waals surface area contributed by atoms with Gasteiger partial charge in [-0.05, 0) is 37.0 Å². The van der Waals surface area contributed by atoms with Crippen molar-refractivity contribution in [3.8, 4) is 0 Å². The normalized spacial score (nSPS) is 11.6. The summed E-state index contributed by atoms with van der Waals surface area (Å²) < 4.78 is 0. The molecule has 186 valence electrons. The number of nitrogens with zero attached hydrogens (tertiary/aromatic N) is 1. The first kappa shape index (κ1) is 30.6. The summed E-state index contributed by atoms with van der Waals surface area (Å²) in [4.78, 5) is 35.6. The molecule has 0 aliphatic rings. The number of benzene rings is 2. The summed E-state index contributed by atoms with van der Waals surface area (Å²) >= 11 is 0. The van der Waals surface area contributed by atoms with E-state index < -0.39 is 28.8 Å². The van der Waals surface area contributed by atoms with Crippen LogP contribution in [0.4, 0.5) is 11.4 Å². The van der Waals surface area contributed by atoms with Gasteiger partial charge in [-0.3, -0.25) is 25.1 Å². The van der Waals surface area contributed by atoms with E-state index in [9.17, 15) is 19.7 Å². The zero-order valence-corrected chi connectivity index (χ0v) is 19.9. The SMILES string of the molecule is Cl.Cl.N=C(N)NCCC[C@H](NC(=O)[C@H](N)Cc1ccccc1)C(=O)Nc1ccc([N+](=O)[O-])cc1. The van der Waals surface area contributed by atoms with E-state index in [0.29, 0.717) is 25.1 Å². The van der Waals surface area contributed by atoms with Crippen LogP contribution >= 0.6 is 24.8 Å². The van der Waals surface area contributed by atoms with Crippen LogP contribution in [0, 0.1) is 15.5 Å². The zero-order valence-electron chi connectivity index (χ0n) is 18.2. The molecule has 2 atom stereocenters. The van der Waals surface area contributed by atoms with Gasteiger partial charge in [0.25, 0.3) is 5.69 Å². The molecule has 0 radical (unpaired) electrons. The molecule has 0 saturated carbocycles. The van der Waals surface area contributed by atoms with Gasteiger partial charge in [0.2, 0.25) is 11.8 Å². The fraction of sp³-hybridized carbons (Fsp3) is 0.286. The highest BCUT2D eigenvalue weighted by atomic mass is 35.5. The smallest absolute Gasteiger partial charge is 0.269 e. The summed E-state index contributed by atoms with van der Waals surface area (Å²) in [6.07, 6.45) is 1.03. The van der Waals surface area contributed by atoms with Gasteiger partial charge >= 0.3 is 0 Å². The molecule has 0 aliphatic heterocycles. The maximum atomic E-state index is 12.8. The van der Waals surface area contributed by atoms with E-state index in [1.165, 1.54) is 24.3 Å². The van der Waals surface area contributed by atoms with Crippen molar-refractivity contribution in [2.75, 3.05) is 11.9 Å². The van der Waals surface area contributed by atoms with Crippen molar-refractivity contribution in [3.63, 3.8) is 0 Å². The van der Waals surface area contributed by atoms with Crippen molar-refractivity contribution in [1.29, 1.82) is 5.41 Å². The molecule has 2 aromatic carbocycles. The van der Waals surface area contributed by atoms with Gasteiger partial charge in [-0.1, -0.05) is 30.3 Å². The maximum Gasteiger partial charge on any atom is 0.269 e. The van der Waals surface area contributed by atoms with Gasteiger partial charge in [0, 0.05) is 24.4 Å². The van der Waals surface area contributed by atoms with E-state index in [1.807, 2.05) is 30.3 Å². The number of carbonyl (C=O) groups excluding carboxylic acids is 2. The lowest BCUT2D eigenvalue weighted by atomic mass is 10.0. The van der Waals surface area contributed by atoms with Crippen LogP contribution in [0.25, 0.3) is 0 Å². The van der Waals surface area contributed by atoms with E-state index in [0.717, 1.165) is 5.56 Å². The molecule has 13 heteroatoms. The van der Waals surface area contributed by atoms with Crippen molar-refractivity contribution in [3.05, 3.63) is 70.3 Å². The molecule has 2 aromatic rings. The second kappa shape index (κ2) is 15.4. The van der Waals surface area contributed by atoms with Crippen LogP contribution in [0.2, 0.25) is 0 Å². The van der Waals surface area contributed by atoms with Crippen LogP contribution in [0.15, 0.2) is 54.6 Å². The van der Waals surface area contributed by atoms with Gasteiger partial charge in [0.1, 0.15) is 6.04 Å². The molecule has 2 rings (SSSR count). The number of hydrogen-bond donors (Lipinski definition) is 6. The molecule has 0 fully saturated rings. The van der Waals surface area contributed by atoms with E-state index in [4.69, 9.17) is 16.9 Å². The summed E-state index contributed by atoms with van der Waals surface area (Å²) in [6, 6.07) is 12.9. The molecule has 0 aliphatic carbocycles. The number of guanidine groups is 1. The third-order valence-electron chi connectivity index (χ3n) is 4.60. The predicted molar refractivity (Wildman–Crippen MR) is 135 cm³/mol. The van der Waals surface area contributed by atoms with Crippen LogP contribution in [-0.4, -0.2) is 41.3 Å². The first-order valence-electron chi connectivity index (χ1n) is 9.99. The Kier molecular flexibility index (Phi) is 13.9. The van der Waals surface area contributed by atoms with E-state index >= 15 is 0 Å².